The molecule has 0 aliphatic heterocycles. The zero-order valence-corrected chi connectivity index (χ0v) is 11.0. The van der Waals surface area contributed by atoms with E-state index in [-0.39, 0.29) is 22.1 Å². The summed E-state index contributed by atoms with van der Waals surface area (Å²) in [6.07, 6.45) is 0. The number of benzene rings is 1. The van der Waals surface area contributed by atoms with Gasteiger partial charge in [-0.2, -0.15) is 5.10 Å². The molecule has 1 amide bonds. The Morgan fingerprint density at radius 2 is 2.14 bits per heavy atom. The summed E-state index contributed by atoms with van der Waals surface area (Å²) in [5.41, 5.74) is 4.28. The number of nitrogens with one attached hydrogen (secondary N) is 2. The molecule has 0 fully saturated rings. The Bertz CT molecular complexity index is 768. The first-order valence-corrected chi connectivity index (χ1v) is 5.87. The lowest BCUT2D eigenvalue weighted by molar-refractivity contribution is -0.383. The third-order valence-corrected chi connectivity index (χ3v) is 2.80. The minimum Gasteiger partial charge on any atom is -0.392 e. The van der Waals surface area contributed by atoms with Gasteiger partial charge >= 0.3 is 0 Å². The fourth-order valence-corrected chi connectivity index (χ4v) is 1.70. The van der Waals surface area contributed by atoms with Crippen LogP contribution < -0.4 is 16.6 Å². The largest absolute Gasteiger partial charge is 0.392 e. The van der Waals surface area contributed by atoms with Crippen molar-refractivity contribution in [3.05, 3.63) is 55.3 Å². The third-order valence-electron chi connectivity index (χ3n) is 2.49. The highest BCUT2D eigenvalue weighted by Crippen LogP contribution is 2.31. The molecule has 0 unspecified atom stereocenters. The van der Waals surface area contributed by atoms with Gasteiger partial charge in [-0.1, -0.05) is 11.6 Å². The fourth-order valence-electron chi connectivity index (χ4n) is 1.49. The predicted molar refractivity (Wildman–Crippen MR) is 75.3 cm³/mol. The predicted octanol–water partition coefficient (Wildman–Crippen LogP) is 1.17. The zero-order valence-electron chi connectivity index (χ0n) is 10.3. The summed E-state index contributed by atoms with van der Waals surface area (Å²) in [7, 11) is 0. The number of rotatable bonds is 3. The lowest BCUT2D eigenvalue weighted by atomic mass is 10.1. The molecule has 0 spiro atoms. The highest BCUT2D eigenvalue weighted by atomic mass is 35.5. The topological polar surface area (TPSA) is 144 Å². The van der Waals surface area contributed by atoms with Crippen molar-refractivity contribution in [2.45, 2.75) is 0 Å². The first-order valence-electron chi connectivity index (χ1n) is 5.49. The molecule has 1 heterocycles. The molecule has 0 saturated carbocycles. The molecule has 0 saturated heterocycles. The molecule has 9 nitrogen and oxygen atoms in total. The van der Waals surface area contributed by atoms with Gasteiger partial charge in [0.05, 0.1) is 9.95 Å². The van der Waals surface area contributed by atoms with Crippen LogP contribution in [0.4, 0.5) is 17.2 Å². The standard InChI is InChI=1S/C11H8ClN5O4/c12-6-3-5(4-7(10(6)13)17(20)21)11(19)14-8-1-2-9(18)16-15-8/h1-4H,13H2,(H,16,18)(H,14,15,19). The van der Waals surface area contributed by atoms with Crippen molar-refractivity contribution < 1.29 is 9.72 Å². The van der Waals surface area contributed by atoms with Crippen LogP contribution in [0.2, 0.25) is 5.02 Å². The first kappa shape index (κ1) is 14.5. The van der Waals surface area contributed by atoms with Gasteiger partial charge in [-0.15, -0.1) is 0 Å². The quantitative estimate of drug-likeness (QED) is 0.441. The number of hydrogen-bond donors (Lipinski definition) is 3. The van der Waals surface area contributed by atoms with Gasteiger partial charge < -0.3 is 11.1 Å². The number of anilines is 2. The highest BCUT2D eigenvalue weighted by molar-refractivity contribution is 6.34. The number of H-pyrrole nitrogens is 1. The highest BCUT2D eigenvalue weighted by Gasteiger charge is 2.19. The van der Waals surface area contributed by atoms with Gasteiger partial charge in [-0.25, -0.2) is 5.10 Å². The number of nitrogens with zero attached hydrogens (tertiary/aromatic N) is 2. The smallest absolute Gasteiger partial charge is 0.294 e. The van der Waals surface area contributed by atoms with Crippen molar-refractivity contribution in [3.8, 4) is 0 Å². The van der Waals surface area contributed by atoms with Crippen molar-refractivity contribution in [2.24, 2.45) is 0 Å². The number of aromatic nitrogens is 2. The Morgan fingerprint density at radius 3 is 2.71 bits per heavy atom. The maximum Gasteiger partial charge on any atom is 0.294 e. The van der Waals surface area contributed by atoms with E-state index in [4.69, 9.17) is 17.3 Å². The lowest BCUT2D eigenvalue weighted by Gasteiger charge is -2.06. The van der Waals surface area contributed by atoms with E-state index in [9.17, 15) is 19.7 Å². The van der Waals surface area contributed by atoms with Gasteiger partial charge in [-0.05, 0) is 12.1 Å². The molecule has 1 aromatic heterocycles. The maximum absolute atomic E-state index is 12.0. The number of aromatic amines is 1. The minimum atomic E-state index is -0.740. The fraction of sp³-hybridized carbons (Fsp3) is 0. The van der Waals surface area contributed by atoms with Crippen LogP contribution in [0.1, 0.15) is 10.4 Å². The molecule has 1 aromatic carbocycles. The Morgan fingerprint density at radius 1 is 1.43 bits per heavy atom. The van der Waals surface area contributed by atoms with Crippen LogP contribution in [0, 0.1) is 10.1 Å². The average molecular weight is 310 g/mol. The van der Waals surface area contributed by atoms with Crippen LogP contribution in [0.15, 0.2) is 29.1 Å². The monoisotopic (exact) mass is 309 g/mol. The number of nitrogens with two attached hydrogens (primary N) is 1. The molecule has 21 heavy (non-hydrogen) atoms. The molecule has 0 bridgehead atoms. The van der Waals surface area contributed by atoms with Gasteiger partial charge in [0, 0.05) is 17.7 Å². The molecule has 0 aliphatic rings. The summed E-state index contributed by atoms with van der Waals surface area (Å²) in [6, 6.07) is 4.65. The van der Waals surface area contributed by atoms with Gasteiger partial charge in [0.1, 0.15) is 5.69 Å². The molecule has 108 valence electrons. The van der Waals surface area contributed by atoms with Gasteiger partial charge in [0.15, 0.2) is 5.82 Å². The molecule has 0 aliphatic carbocycles. The van der Waals surface area contributed by atoms with E-state index in [1.54, 1.807) is 0 Å². The molecular weight excluding hydrogens is 302 g/mol. The number of nitrogen functional groups attached to an aromatic ring is 1. The van der Waals surface area contributed by atoms with Crippen LogP contribution in [-0.4, -0.2) is 21.0 Å². The van der Waals surface area contributed by atoms with E-state index < -0.39 is 22.1 Å². The molecule has 10 heteroatoms. The molecule has 2 rings (SSSR count). The first-order chi connectivity index (χ1) is 9.88. The number of nitro benzene ring substituents is 1. The minimum absolute atomic E-state index is 0.0612. The SMILES string of the molecule is Nc1c(Cl)cc(C(=O)Nc2ccc(=O)[nH]n2)cc1[N+](=O)[O-]. The van der Waals surface area contributed by atoms with E-state index in [1.807, 2.05) is 0 Å². The second-order valence-corrected chi connectivity index (χ2v) is 4.32. The maximum atomic E-state index is 12.0. The molecule has 2 aromatic rings. The molecular formula is C11H8ClN5O4. The van der Waals surface area contributed by atoms with Gasteiger partial charge in [0.2, 0.25) is 0 Å². The molecule has 0 radical (unpaired) electrons. The number of nitro groups is 1. The zero-order chi connectivity index (χ0) is 15.6. The Hall–Kier alpha value is -2.94. The van der Waals surface area contributed by atoms with Crippen molar-refractivity contribution in [2.75, 3.05) is 11.1 Å². The van der Waals surface area contributed by atoms with Crippen LogP contribution in [0.5, 0.6) is 0 Å². The Labute approximate surface area is 121 Å². The summed E-state index contributed by atoms with van der Waals surface area (Å²) in [5, 5.41) is 18.8. The number of hydrogen-bond acceptors (Lipinski definition) is 6. The van der Waals surface area contributed by atoms with Gasteiger partial charge in [0.25, 0.3) is 17.2 Å². The third kappa shape index (κ3) is 3.15. The van der Waals surface area contributed by atoms with E-state index in [2.05, 4.69) is 15.5 Å². The second-order valence-electron chi connectivity index (χ2n) is 3.91. The Balaban J connectivity index is 2.33. The summed E-state index contributed by atoms with van der Waals surface area (Å²) in [6.45, 7) is 0. The summed E-state index contributed by atoms with van der Waals surface area (Å²) in [5.74, 6) is -0.602. The van der Waals surface area contributed by atoms with Crippen LogP contribution >= 0.6 is 11.6 Å². The van der Waals surface area contributed by atoms with Crippen LogP contribution in [0.25, 0.3) is 0 Å². The van der Waals surface area contributed by atoms with E-state index >= 15 is 0 Å². The van der Waals surface area contributed by atoms with Gasteiger partial charge in [-0.3, -0.25) is 19.7 Å². The van der Waals surface area contributed by atoms with Crippen molar-refractivity contribution >= 4 is 34.7 Å². The lowest BCUT2D eigenvalue weighted by Crippen LogP contribution is -2.16. The number of amides is 1. The molecule has 4 N–H and O–H groups in total. The number of halogens is 1. The number of carbonyl (C=O) groups excluding carboxylic acids is 1. The van der Waals surface area contributed by atoms with E-state index in [0.29, 0.717) is 0 Å². The summed E-state index contributed by atoms with van der Waals surface area (Å²) < 4.78 is 0. The van der Waals surface area contributed by atoms with Crippen molar-refractivity contribution in [1.82, 2.24) is 10.2 Å². The average Bonchev–Trinajstić information content (AvgIpc) is 2.43. The van der Waals surface area contributed by atoms with Crippen LogP contribution in [0.3, 0.4) is 0 Å². The van der Waals surface area contributed by atoms with Crippen molar-refractivity contribution in [1.29, 1.82) is 0 Å². The Kier molecular flexibility index (Phi) is 3.85. The normalized spacial score (nSPS) is 10.1. The number of carbonyl (C=O) groups is 1. The van der Waals surface area contributed by atoms with Crippen LogP contribution in [-0.2, 0) is 0 Å². The van der Waals surface area contributed by atoms with E-state index in [1.165, 1.54) is 18.2 Å². The van der Waals surface area contributed by atoms with E-state index in [0.717, 1.165) is 6.07 Å². The summed E-state index contributed by atoms with van der Waals surface area (Å²) in [4.78, 5) is 32.9. The van der Waals surface area contributed by atoms with Crippen molar-refractivity contribution in [3.63, 3.8) is 0 Å². The second kappa shape index (κ2) is 5.59. The summed E-state index contributed by atoms with van der Waals surface area (Å²) >= 11 is 5.76. The molecule has 0 atom stereocenters.